The first kappa shape index (κ1) is 25.3. The average Bonchev–Trinajstić information content (AvgIpc) is 3.72. The number of carbonyl (C=O) groups is 2. The van der Waals surface area contributed by atoms with Gasteiger partial charge in [-0.05, 0) is 24.3 Å². The number of aromatic nitrogens is 2. The summed E-state index contributed by atoms with van der Waals surface area (Å²) >= 11 is 0. The molecule has 5 aromatic rings. The molecule has 0 bridgehead atoms. The van der Waals surface area contributed by atoms with Crippen molar-refractivity contribution in [1.82, 2.24) is 14.5 Å². The van der Waals surface area contributed by atoms with Crippen molar-refractivity contribution in [1.29, 1.82) is 0 Å². The molecule has 2 aromatic heterocycles. The molecule has 5 atom stereocenters. The van der Waals surface area contributed by atoms with Crippen LogP contribution >= 0.6 is 0 Å². The molecule has 0 aliphatic carbocycles. The van der Waals surface area contributed by atoms with Crippen molar-refractivity contribution in [2.24, 2.45) is 0 Å². The van der Waals surface area contributed by atoms with Crippen LogP contribution in [-0.4, -0.2) is 101 Å². The molecule has 3 aromatic carbocycles. The van der Waals surface area contributed by atoms with E-state index in [0.717, 1.165) is 0 Å². The summed E-state index contributed by atoms with van der Waals surface area (Å²) in [5.74, 6) is -0.761. The topological polar surface area (TPSA) is 207 Å². The number of aliphatic hydroxyl groups excluding tert-OH is 5. The number of phenols is 1. The van der Waals surface area contributed by atoms with E-state index < -0.39 is 55.8 Å². The first-order chi connectivity index (χ1) is 20.2. The van der Waals surface area contributed by atoms with Crippen LogP contribution < -0.4 is 9.47 Å². The summed E-state index contributed by atoms with van der Waals surface area (Å²) in [6.45, 7) is -1.53. The van der Waals surface area contributed by atoms with Crippen molar-refractivity contribution >= 4 is 55.4 Å². The van der Waals surface area contributed by atoms with Crippen molar-refractivity contribution in [3.63, 3.8) is 0 Å². The van der Waals surface area contributed by atoms with E-state index in [1.165, 1.54) is 22.8 Å². The summed E-state index contributed by atoms with van der Waals surface area (Å²) in [6.07, 6.45) is -7.65. The molecule has 3 aliphatic rings. The number of nitrogens with zero attached hydrogens (tertiary/aromatic N) is 2. The number of carbonyl (C=O) groups excluding carboxylic acids is 2. The smallest absolute Gasteiger partial charge is 0.264 e. The number of hydrogen-bond acceptors (Lipinski definition) is 11. The lowest BCUT2D eigenvalue weighted by Gasteiger charge is -2.41. The van der Waals surface area contributed by atoms with Gasteiger partial charge in [0.15, 0.2) is 17.7 Å². The lowest BCUT2D eigenvalue weighted by Crippen LogP contribution is -2.56. The van der Waals surface area contributed by atoms with E-state index in [1.54, 1.807) is 12.1 Å². The standard InChI is InChI=1S/C28H23N3O11/c32-6-16-23(35)24(36)25(37)28(42-16)31-13-2-1-9(34)3-11(13)18-20-19(26(38)30(7-33)27(20)39)17-10-4-14-15(41-8-40-14)5-12(10)29-21(17)22(18)31/h1-5,16,23-25,28-29,32-37H,6-8H2/t16-,23-,24+,25-,28?/m1/s1. The number of aromatic amines is 1. The minimum atomic E-state index is -1.71. The highest BCUT2D eigenvalue weighted by Crippen LogP contribution is 2.49. The zero-order valence-corrected chi connectivity index (χ0v) is 21.5. The molecule has 1 unspecified atom stereocenters. The van der Waals surface area contributed by atoms with Crippen LogP contribution in [-0.2, 0) is 4.74 Å². The molecule has 42 heavy (non-hydrogen) atoms. The molecule has 14 heteroatoms. The van der Waals surface area contributed by atoms with E-state index in [4.69, 9.17) is 14.2 Å². The van der Waals surface area contributed by atoms with Crippen molar-refractivity contribution < 1.29 is 54.4 Å². The van der Waals surface area contributed by atoms with E-state index in [-0.39, 0.29) is 34.6 Å². The summed E-state index contributed by atoms with van der Waals surface area (Å²) in [5, 5.41) is 64.0. The molecule has 2 amide bonds. The zero-order valence-electron chi connectivity index (χ0n) is 21.5. The maximum atomic E-state index is 13.7. The van der Waals surface area contributed by atoms with E-state index >= 15 is 0 Å². The van der Waals surface area contributed by atoms with Crippen LogP contribution in [0.2, 0.25) is 0 Å². The Morgan fingerprint density at radius 3 is 2.31 bits per heavy atom. The third-order valence-corrected chi connectivity index (χ3v) is 8.45. The van der Waals surface area contributed by atoms with Gasteiger partial charge < -0.3 is 54.4 Å². The molecule has 7 N–H and O–H groups in total. The van der Waals surface area contributed by atoms with Gasteiger partial charge in [0.05, 0.1) is 39.8 Å². The number of ether oxygens (including phenoxy) is 3. The minimum absolute atomic E-state index is 0.00672. The van der Waals surface area contributed by atoms with Gasteiger partial charge >= 0.3 is 0 Å². The van der Waals surface area contributed by atoms with Crippen LogP contribution in [0.1, 0.15) is 26.9 Å². The SMILES string of the molecule is O=C1c2c(c3c4cc(O)ccc4n(C4O[C@H](CO)[C@@H](O)[C@H](O)[C@H]4O)c3c3[nH]c4cc5c(cc4c23)OCO5)C(=O)N1CO. The summed E-state index contributed by atoms with van der Waals surface area (Å²) in [5.41, 5.74) is 1.48. The van der Waals surface area contributed by atoms with Crippen molar-refractivity contribution in [2.75, 3.05) is 20.1 Å². The molecule has 3 aliphatic heterocycles. The largest absolute Gasteiger partial charge is 0.508 e. The second-order valence-corrected chi connectivity index (χ2v) is 10.6. The molecule has 0 saturated carbocycles. The van der Waals surface area contributed by atoms with E-state index in [2.05, 4.69) is 4.98 Å². The lowest BCUT2D eigenvalue weighted by atomic mass is 9.96. The molecule has 8 rings (SSSR count). The molecular weight excluding hydrogens is 554 g/mol. The lowest BCUT2D eigenvalue weighted by molar-refractivity contribution is -0.249. The molecule has 0 radical (unpaired) electrons. The van der Waals surface area contributed by atoms with Gasteiger partial charge in [-0.2, -0.15) is 0 Å². The number of rotatable bonds is 3. The summed E-state index contributed by atoms with van der Waals surface area (Å²) in [4.78, 5) is 31.4. The van der Waals surface area contributed by atoms with Gasteiger partial charge in [0.2, 0.25) is 6.79 Å². The molecule has 5 heterocycles. The Labute approximate surface area is 234 Å². The highest BCUT2D eigenvalue weighted by molar-refractivity contribution is 6.39. The van der Waals surface area contributed by atoms with Gasteiger partial charge in [-0.1, -0.05) is 0 Å². The fourth-order valence-corrected chi connectivity index (χ4v) is 6.55. The Hall–Kier alpha value is -4.44. The van der Waals surface area contributed by atoms with Gasteiger partial charge in [0, 0.05) is 27.6 Å². The Morgan fingerprint density at radius 2 is 1.60 bits per heavy atom. The number of fused-ring (bicyclic) bond motifs is 11. The second-order valence-electron chi connectivity index (χ2n) is 10.6. The second kappa shape index (κ2) is 8.54. The Kier molecular flexibility index (Phi) is 5.14. The van der Waals surface area contributed by atoms with Gasteiger partial charge in [-0.25, -0.2) is 0 Å². The monoisotopic (exact) mass is 577 g/mol. The van der Waals surface area contributed by atoms with Crippen LogP contribution in [0.3, 0.4) is 0 Å². The molecule has 216 valence electrons. The number of aliphatic hydroxyl groups is 5. The Morgan fingerprint density at radius 1 is 0.881 bits per heavy atom. The number of hydrogen-bond donors (Lipinski definition) is 7. The molecule has 0 spiro atoms. The van der Waals surface area contributed by atoms with Crippen molar-refractivity contribution in [3.05, 3.63) is 41.5 Å². The predicted octanol–water partition coefficient (Wildman–Crippen LogP) is 0.381. The van der Waals surface area contributed by atoms with E-state index in [9.17, 15) is 40.2 Å². The summed E-state index contributed by atoms with van der Waals surface area (Å²) in [7, 11) is 0. The molecule has 1 saturated heterocycles. The minimum Gasteiger partial charge on any atom is -0.508 e. The van der Waals surface area contributed by atoms with E-state index in [0.29, 0.717) is 49.1 Å². The maximum Gasteiger partial charge on any atom is 0.264 e. The highest BCUT2D eigenvalue weighted by Gasteiger charge is 2.47. The number of amides is 2. The Balaban J connectivity index is 1.59. The fourth-order valence-electron chi connectivity index (χ4n) is 6.55. The van der Waals surface area contributed by atoms with Crippen LogP contribution in [0.15, 0.2) is 30.3 Å². The summed E-state index contributed by atoms with van der Waals surface area (Å²) < 4.78 is 18.5. The fraction of sp³-hybridized carbons (Fsp3) is 0.286. The van der Waals surface area contributed by atoms with Crippen LogP contribution in [0.4, 0.5) is 0 Å². The number of phenolic OH excluding ortho intramolecular Hbond substituents is 1. The molecule has 1 fully saturated rings. The highest BCUT2D eigenvalue weighted by atomic mass is 16.7. The number of H-pyrrole nitrogens is 1. The number of aromatic hydroxyl groups is 1. The number of nitrogens with one attached hydrogen (secondary N) is 1. The van der Waals surface area contributed by atoms with Gasteiger partial charge in [-0.3, -0.25) is 14.5 Å². The third kappa shape index (κ3) is 3.02. The van der Waals surface area contributed by atoms with Crippen LogP contribution in [0.25, 0.3) is 43.6 Å². The van der Waals surface area contributed by atoms with Gasteiger partial charge in [0.1, 0.15) is 36.9 Å². The molecule has 14 nitrogen and oxygen atoms in total. The predicted molar refractivity (Wildman–Crippen MR) is 143 cm³/mol. The molecular formula is C28H23N3O11. The van der Waals surface area contributed by atoms with Gasteiger partial charge in [0.25, 0.3) is 11.8 Å². The zero-order chi connectivity index (χ0) is 29.2. The van der Waals surface area contributed by atoms with Crippen LogP contribution in [0, 0.1) is 0 Å². The summed E-state index contributed by atoms with van der Waals surface area (Å²) in [6, 6.07) is 7.66. The van der Waals surface area contributed by atoms with Gasteiger partial charge in [-0.15, -0.1) is 0 Å². The van der Waals surface area contributed by atoms with Crippen molar-refractivity contribution in [3.8, 4) is 17.2 Å². The van der Waals surface area contributed by atoms with Crippen LogP contribution in [0.5, 0.6) is 17.2 Å². The normalized spacial score (nSPS) is 25.5. The third-order valence-electron chi connectivity index (χ3n) is 8.45. The first-order valence-electron chi connectivity index (χ1n) is 13.1. The first-order valence-corrected chi connectivity index (χ1v) is 13.1. The maximum absolute atomic E-state index is 13.7. The van der Waals surface area contributed by atoms with E-state index in [1.807, 2.05) is 0 Å². The number of imide groups is 1. The Bertz CT molecular complexity index is 2010. The van der Waals surface area contributed by atoms with Crippen molar-refractivity contribution in [2.45, 2.75) is 30.6 Å². The average molecular weight is 578 g/mol. The number of benzene rings is 3. The quantitative estimate of drug-likeness (QED) is 0.146.